The Hall–Kier alpha value is -1.51. The van der Waals surface area contributed by atoms with Crippen LogP contribution < -0.4 is 16.0 Å². The van der Waals surface area contributed by atoms with Gasteiger partial charge in [-0.2, -0.15) is 0 Å². The Labute approximate surface area is 143 Å². The molecular weight excluding hydrogens is 365 g/mol. The average molecular weight is 380 g/mol. The first kappa shape index (κ1) is 17.8. The van der Waals surface area contributed by atoms with E-state index in [4.69, 9.17) is 23.2 Å². The van der Waals surface area contributed by atoms with Crippen molar-refractivity contribution in [1.82, 2.24) is 10.6 Å². The number of urea groups is 1. The van der Waals surface area contributed by atoms with Gasteiger partial charge < -0.3 is 16.0 Å². The van der Waals surface area contributed by atoms with Crippen molar-refractivity contribution in [3.05, 3.63) is 28.2 Å². The van der Waals surface area contributed by atoms with E-state index >= 15 is 0 Å². The second-order valence-electron chi connectivity index (χ2n) is 5.10. The van der Waals surface area contributed by atoms with Crippen molar-refractivity contribution < 1.29 is 18.0 Å². The number of carbonyl (C=O) groups excluding carboxylic acids is 2. The van der Waals surface area contributed by atoms with Gasteiger partial charge in [-0.15, -0.1) is 0 Å². The van der Waals surface area contributed by atoms with E-state index in [1.54, 1.807) is 12.1 Å². The molecule has 0 spiro atoms. The quantitative estimate of drug-likeness (QED) is 0.735. The summed E-state index contributed by atoms with van der Waals surface area (Å²) in [5.74, 6) is -0.500. The van der Waals surface area contributed by atoms with Crippen molar-refractivity contribution in [1.29, 1.82) is 0 Å². The van der Waals surface area contributed by atoms with Gasteiger partial charge in [-0.25, -0.2) is 13.2 Å². The highest BCUT2D eigenvalue weighted by molar-refractivity contribution is 7.91. The van der Waals surface area contributed by atoms with E-state index in [0.29, 0.717) is 22.2 Å². The van der Waals surface area contributed by atoms with Gasteiger partial charge in [0.15, 0.2) is 9.84 Å². The van der Waals surface area contributed by atoms with Crippen LogP contribution >= 0.6 is 23.2 Å². The van der Waals surface area contributed by atoms with Gasteiger partial charge in [0.25, 0.3) is 0 Å². The first-order valence-electron chi connectivity index (χ1n) is 6.75. The minimum atomic E-state index is -3.07. The van der Waals surface area contributed by atoms with Crippen LogP contribution in [0.3, 0.4) is 0 Å². The Morgan fingerprint density at radius 1 is 1.26 bits per heavy atom. The first-order chi connectivity index (χ1) is 10.7. The van der Waals surface area contributed by atoms with Crippen molar-refractivity contribution in [2.75, 3.05) is 23.4 Å². The van der Waals surface area contributed by atoms with E-state index in [1.807, 2.05) is 0 Å². The molecule has 1 aromatic rings. The number of nitrogens with one attached hydrogen (secondary N) is 3. The van der Waals surface area contributed by atoms with E-state index < -0.39 is 27.8 Å². The molecular formula is C13H15Cl2N3O4S. The Bertz CT molecular complexity index is 724. The van der Waals surface area contributed by atoms with Crippen molar-refractivity contribution in [3.8, 4) is 0 Å². The topological polar surface area (TPSA) is 104 Å². The number of rotatable bonds is 4. The lowest BCUT2D eigenvalue weighted by Crippen LogP contribution is -2.45. The zero-order chi connectivity index (χ0) is 17.0. The number of carbonyl (C=O) groups is 2. The highest BCUT2D eigenvalue weighted by atomic mass is 35.5. The van der Waals surface area contributed by atoms with Crippen LogP contribution in [-0.2, 0) is 14.6 Å². The van der Waals surface area contributed by atoms with Gasteiger partial charge in [0.2, 0.25) is 5.91 Å². The predicted octanol–water partition coefficient (Wildman–Crippen LogP) is 1.42. The molecule has 0 unspecified atom stereocenters. The maximum atomic E-state index is 11.8. The molecule has 1 aromatic carbocycles. The summed E-state index contributed by atoms with van der Waals surface area (Å²) in [6, 6.07) is 3.59. The van der Waals surface area contributed by atoms with Gasteiger partial charge in [-0.3, -0.25) is 4.79 Å². The van der Waals surface area contributed by atoms with Crippen LogP contribution in [0.5, 0.6) is 0 Å². The molecule has 3 amide bonds. The monoisotopic (exact) mass is 379 g/mol. The summed E-state index contributed by atoms with van der Waals surface area (Å²) in [6.07, 6.45) is 0.375. The molecule has 0 aliphatic carbocycles. The third-order valence-corrected chi connectivity index (χ3v) is 5.51. The van der Waals surface area contributed by atoms with Crippen LogP contribution in [0.1, 0.15) is 6.42 Å². The molecule has 1 aliphatic heterocycles. The first-order valence-corrected chi connectivity index (χ1v) is 9.32. The molecule has 1 heterocycles. The van der Waals surface area contributed by atoms with Gasteiger partial charge in [0, 0.05) is 11.1 Å². The van der Waals surface area contributed by atoms with E-state index in [-0.39, 0.29) is 18.1 Å². The van der Waals surface area contributed by atoms with Crippen LogP contribution in [0.15, 0.2) is 18.2 Å². The molecule has 126 valence electrons. The van der Waals surface area contributed by atoms with Crippen molar-refractivity contribution in [2.45, 2.75) is 12.5 Å². The maximum absolute atomic E-state index is 11.8. The summed E-state index contributed by atoms with van der Waals surface area (Å²) >= 11 is 11.7. The second-order valence-corrected chi connectivity index (χ2v) is 8.17. The fraction of sp³-hybridized carbons (Fsp3) is 0.385. The highest BCUT2D eigenvalue weighted by Crippen LogP contribution is 2.25. The highest BCUT2D eigenvalue weighted by Gasteiger charge is 2.28. The molecule has 0 saturated carbocycles. The Morgan fingerprint density at radius 2 is 2.00 bits per heavy atom. The summed E-state index contributed by atoms with van der Waals surface area (Å²) in [4.78, 5) is 23.4. The third kappa shape index (κ3) is 5.56. The van der Waals surface area contributed by atoms with E-state index in [0.717, 1.165) is 0 Å². The van der Waals surface area contributed by atoms with Crippen LogP contribution in [-0.4, -0.2) is 44.4 Å². The smallest absolute Gasteiger partial charge is 0.315 e. The number of sulfone groups is 1. The summed E-state index contributed by atoms with van der Waals surface area (Å²) in [5, 5.41) is 8.13. The fourth-order valence-corrected chi connectivity index (χ4v) is 4.10. The SMILES string of the molecule is O=C(CNC(=O)N[C@@H]1CCS(=O)(=O)C1)Nc1cc(Cl)ccc1Cl. The van der Waals surface area contributed by atoms with E-state index in [9.17, 15) is 18.0 Å². The molecule has 23 heavy (non-hydrogen) atoms. The van der Waals surface area contributed by atoms with Crippen LogP contribution in [0, 0.1) is 0 Å². The summed E-state index contributed by atoms with van der Waals surface area (Å²) in [6.45, 7) is -0.284. The normalized spacial score (nSPS) is 19.1. The Kier molecular flexibility index (Phi) is 5.72. The van der Waals surface area contributed by atoms with Gasteiger partial charge in [-0.05, 0) is 24.6 Å². The maximum Gasteiger partial charge on any atom is 0.315 e. The largest absolute Gasteiger partial charge is 0.334 e. The van der Waals surface area contributed by atoms with E-state index in [1.165, 1.54) is 6.07 Å². The number of hydrogen-bond donors (Lipinski definition) is 3. The number of benzene rings is 1. The van der Waals surface area contributed by atoms with E-state index in [2.05, 4.69) is 16.0 Å². The summed E-state index contributed by atoms with van der Waals surface area (Å²) in [5.41, 5.74) is 0.341. The second kappa shape index (κ2) is 7.37. The number of hydrogen-bond acceptors (Lipinski definition) is 4. The minimum absolute atomic E-state index is 0.0612. The molecule has 7 nitrogen and oxygen atoms in total. The van der Waals surface area contributed by atoms with Crippen molar-refractivity contribution in [3.63, 3.8) is 0 Å². The summed E-state index contributed by atoms with van der Waals surface area (Å²) < 4.78 is 22.6. The van der Waals surface area contributed by atoms with Gasteiger partial charge in [0.1, 0.15) is 0 Å². The third-order valence-electron chi connectivity index (χ3n) is 3.18. The van der Waals surface area contributed by atoms with Crippen molar-refractivity contribution >= 4 is 50.7 Å². The fourth-order valence-electron chi connectivity index (χ4n) is 2.09. The van der Waals surface area contributed by atoms with Crippen LogP contribution in [0.4, 0.5) is 10.5 Å². The number of halogens is 2. The molecule has 1 atom stereocenters. The molecule has 0 aromatic heterocycles. The molecule has 1 saturated heterocycles. The van der Waals surface area contributed by atoms with Gasteiger partial charge >= 0.3 is 6.03 Å². The van der Waals surface area contributed by atoms with Crippen molar-refractivity contribution in [2.24, 2.45) is 0 Å². The Morgan fingerprint density at radius 3 is 2.65 bits per heavy atom. The molecule has 10 heteroatoms. The zero-order valence-electron chi connectivity index (χ0n) is 11.9. The summed E-state index contributed by atoms with van der Waals surface area (Å²) in [7, 11) is -3.07. The lowest BCUT2D eigenvalue weighted by atomic mass is 10.3. The zero-order valence-corrected chi connectivity index (χ0v) is 14.3. The lowest BCUT2D eigenvalue weighted by Gasteiger charge is -2.12. The van der Waals surface area contributed by atoms with Gasteiger partial charge in [0.05, 0.1) is 28.8 Å². The lowest BCUT2D eigenvalue weighted by molar-refractivity contribution is -0.115. The molecule has 3 N–H and O–H groups in total. The molecule has 2 rings (SSSR count). The van der Waals surface area contributed by atoms with Gasteiger partial charge in [-0.1, -0.05) is 23.2 Å². The number of anilines is 1. The molecule has 0 radical (unpaired) electrons. The van der Waals surface area contributed by atoms with Crippen LogP contribution in [0.25, 0.3) is 0 Å². The standard InChI is InChI=1S/C13H15Cl2N3O4S/c14-8-1-2-10(15)11(5-8)18-12(19)6-16-13(20)17-9-3-4-23(21,22)7-9/h1-2,5,9H,3-4,6-7H2,(H,18,19)(H2,16,17,20)/t9-/m1/s1. The molecule has 1 fully saturated rings. The van der Waals surface area contributed by atoms with Crippen LogP contribution in [0.2, 0.25) is 10.0 Å². The average Bonchev–Trinajstić information content (AvgIpc) is 2.79. The predicted molar refractivity (Wildman–Crippen MR) is 88.7 cm³/mol. The Balaban J connectivity index is 1.78. The molecule has 0 bridgehead atoms. The number of amides is 3. The molecule has 1 aliphatic rings. The minimum Gasteiger partial charge on any atom is -0.334 e.